The van der Waals surface area contributed by atoms with E-state index >= 15 is 0 Å². The summed E-state index contributed by atoms with van der Waals surface area (Å²) in [5.74, 6) is 0.809. The highest BCUT2D eigenvalue weighted by molar-refractivity contribution is 5.82. The molecule has 0 radical (unpaired) electrons. The molecule has 1 heterocycles. The van der Waals surface area contributed by atoms with Crippen molar-refractivity contribution < 1.29 is 0 Å². The van der Waals surface area contributed by atoms with E-state index in [-0.39, 0.29) is 0 Å². The first-order valence-corrected chi connectivity index (χ1v) is 5.58. The van der Waals surface area contributed by atoms with Crippen molar-refractivity contribution in [3.05, 3.63) is 35.5 Å². The smallest absolute Gasteiger partial charge is 0.0480 e. The van der Waals surface area contributed by atoms with Crippen LogP contribution in [0.1, 0.15) is 30.0 Å². The second-order valence-corrected chi connectivity index (χ2v) is 4.50. The zero-order chi connectivity index (χ0) is 10.4. The average molecular weight is 200 g/mol. The van der Waals surface area contributed by atoms with E-state index in [1.807, 2.05) is 0 Å². The van der Waals surface area contributed by atoms with E-state index in [0.717, 1.165) is 5.92 Å². The fourth-order valence-corrected chi connectivity index (χ4v) is 2.32. The van der Waals surface area contributed by atoms with Crippen LogP contribution < -0.4 is 5.73 Å². The molecule has 1 aliphatic rings. The van der Waals surface area contributed by atoms with Gasteiger partial charge in [0.2, 0.25) is 0 Å². The zero-order valence-electron chi connectivity index (χ0n) is 9.03. The summed E-state index contributed by atoms with van der Waals surface area (Å²) in [6.45, 7) is 0.629. The van der Waals surface area contributed by atoms with E-state index in [1.54, 1.807) is 0 Å². The maximum atomic E-state index is 5.65. The van der Waals surface area contributed by atoms with Crippen LogP contribution in [0.5, 0.6) is 0 Å². The van der Waals surface area contributed by atoms with Crippen molar-refractivity contribution in [1.82, 2.24) is 4.57 Å². The summed E-state index contributed by atoms with van der Waals surface area (Å²) < 4.78 is 2.33. The summed E-state index contributed by atoms with van der Waals surface area (Å²) in [4.78, 5) is 0. The van der Waals surface area contributed by atoms with E-state index < -0.39 is 0 Å². The molecule has 0 saturated heterocycles. The quantitative estimate of drug-likeness (QED) is 0.793. The number of nitrogens with two attached hydrogens (primary N) is 1. The summed E-state index contributed by atoms with van der Waals surface area (Å²) in [6, 6.07) is 8.84. The van der Waals surface area contributed by atoms with Gasteiger partial charge in [-0.15, -0.1) is 0 Å². The first-order chi connectivity index (χ1) is 7.29. The van der Waals surface area contributed by atoms with Gasteiger partial charge in [-0.05, 0) is 42.5 Å². The first kappa shape index (κ1) is 8.98. The molecule has 0 aliphatic heterocycles. The summed E-state index contributed by atoms with van der Waals surface area (Å²) in [5, 5.41) is 1.34. The Morgan fingerprint density at radius 3 is 2.80 bits per heavy atom. The molecule has 2 heteroatoms. The van der Waals surface area contributed by atoms with Crippen LogP contribution in [0.15, 0.2) is 24.3 Å². The van der Waals surface area contributed by atoms with Gasteiger partial charge in [0, 0.05) is 30.2 Å². The Kier molecular flexibility index (Phi) is 1.86. The second kappa shape index (κ2) is 3.11. The van der Waals surface area contributed by atoms with Crippen LogP contribution >= 0.6 is 0 Å². The first-order valence-electron chi connectivity index (χ1n) is 5.58. The van der Waals surface area contributed by atoms with E-state index in [1.165, 1.54) is 35.0 Å². The monoisotopic (exact) mass is 200 g/mol. The van der Waals surface area contributed by atoms with Crippen molar-refractivity contribution in [2.75, 3.05) is 0 Å². The molecule has 2 aromatic rings. The molecule has 3 rings (SSSR count). The van der Waals surface area contributed by atoms with Crippen molar-refractivity contribution in [2.24, 2.45) is 12.8 Å². The van der Waals surface area contributed by atoms with Crippen LogP contribution in [0, 0.1) is 0 Å². The van der Waals surface area contributed by atoms with Crippen LogP contribution in [-0.2, 0) is 13.6 Å². The Labute approximate surface area is 89.7 Å². The number of benzene rings is 1. The average Bonchev–Trinajstić information content (AvgIpc) is 3.04. The van der Waals surface area contributed by atoms with Gasteiger partial charge < -0.3 is 10.3 Å². The predicted molar refractivity (Wildman–Crippen MR) is 62.8 cm³/mol. The standard InChI is InChI=1S/C13H16N2/c1-15-12-5-2-9(8-14)6-11(12)7-13(15)10-3-4-10/h2,5-7,10H,3-4,8,14H2,1H3. The Hall–Kier alpha value is -1.28. The molecule has 1 saturated carbocycles. The maximum Gasteiger partial charge on any atom is 0.0480 e. The highest BCUT2D eigenvalue weighted by Gasteiger charge is 2.26. The molecule has 0 bridgehead atoms. The summed E-state index contributed by atoms with van der Waals surface area (Å²) in [7, 11) is 2.16. The molecule has 0 spiro atoms. The van der Waals surface area contributed by atoms with Crippen LogP contribution in [0.4, 0.5) is 0 Å². The third-order valence-corrected chi connectivity index (χ3v) is 3.38. The third-order valence-electron chi connectivity index (χ3n) is 3.38. The molecule has 2 N–H and O–H groups in total. The van der Waals surface area contributed by atoms with E-state index in [0.29, 0.717) is 6.54 Å². The van der Waals surface area contributed by atoms with Gasteiger partial charge in [0.25, 0.3) is 0 Å². The van der Waals surface area contributed by atoms with Gasteiger partial charge in [0.05, 0.1) is 0 Å². The lowest BCUT2D eigenvalue weighted by atomic mass is 10.1. The number of nitrogens with zero attached hydrogens (tertiary/aromatic N) is 1. The Bertz CT molecular complexity index is 506. The van der Waals surface area contributed by atoms with E-state index in [9.17, 15) is 0 Å². The minimum atomic E-state index is 0.629. The van der Waals surface area contributed by atoms with Crippen molar-refractivity contribution in [3.63, 3.8) is 0 Å². The number of fused-ring (bicyclic) bond motifs is 1. The Balaban J connectivity index is 2.20. The summed E-state index contributed by atoms with van der Waals surface area (Å²) in [6.07, 6.45) is 2.71. The summed E-state index contributed by atoms with van der Waals surface area (Å²) >= 11 is 0. The van der Waals surface area contributed by atoms with E-state index in [4.69, 9.17) is 5.73 Å². The molecule has 1 aromatic carbocycles. The van der Waals surface area contributed by atoms with Gasteiger partial charge in [-0.2, -0.15) is 0 Å². The molecule has 2 nitrogen and oxygen atoms in total. The molecule has 1 fully saturated rings. The van der Waals surface area contributed by atoms with Gasteiger partial charge in [-0.25, -0.2) is 0 Å². The molecule has 78 valence electrons. The van der Waals surface area contributed by atoms with Crippen LogP contribution in [-0.4, -0.2) is 4.57 Å². The lowest BCUT2D eigenvalue weighted by Crippen LogP contribution is -1.96. The molecule has 15 heavy (non-hydrogen) atoms. The number of hydrogen-bond donors (Lipinski definition) is 1. The van der Waals surface area contributed by atoms with E-state index in [2.05, 4.69) is 35.9 Å². The third kappa shape index (κ3) is 1.37. The van der Waals surface area contributed by atoms with Gasteiger partial charge >= 0.3 is 0 Å². The van der Waals surface area contributed by atoms with Gasteiger partial charge in [0.1, 0.15) is 0 Å². The SMILES string of the molecule is Cn1c(C2CC2)cc2cc(CN)ccc21. The Morgan fingerprint density at radius 2 is 2.13 bits per heavy atom. The summed E-state index contributed by atoms with van der Waals surface area (Å²) in [5.41, 5.74) is 9.68. The van der Waals surface area contributed by atoms with Gasteiger partial charge in [0.15, 0.2) is 0 Å². The highest BCUT2D eigenvalue weighted by atomic mass is 15.0. The fourth-order valence-electron chi connectivity index (χ4n) is 2.32. The Morgan fingerprint density at radius 1 is 1.33 bits per heavy atom. The second-order valence-electron chi connectivity index (χ2n) is 4.50. The van der Waals surface area contributed by atoms with Crippen molar-refractivity contribution in [1.29, 1.82) is 0 Å². The number of rotatable bonds is 2. The molecule has 0 unspecified atom stereocenters. The molecule has 0 amide bonds. The minimum absolute atomic E-state index is 0.629. The number of hydrogen-bond acceptors (Lipinski definition) is 1. The largest absolute Gasteiger partial charge is 0.347 e. The topological polar surface area (TPSA) is 30.9 Å². The molecular formula is C13H16N2. The minimum Gasteiger partial charge on any atom is -0.347 e. The molecule has 1 aromatic heterocycles. The van der Waals surface area contributed by atoms with Crippen LogP contribution in [0.25, 0.3) is 10.9 Å². The van der Waals surface area contributed by atoms with Gasteiger partial charge in [-0.3, -0.25) is 0 Å². The molecular weight excluding hydrogens is 184 g/mol. The maximum absolute atomic E-state index is 5.65. The number of aryl methyl sites for hydroxylation is 1. The van der Waals surface area contributed by atoms with Crippen LogP contribution in [0.3, 0.4) is 0 Å². The normalized spacial score (nSPS) is 16.1. The van der Waals surface area contributed by atoms with Crippen molar-refractivity contribution >= 4 is 10.9 Å². The van der Waals surface area contributed by atoms with Crippen molar-refractivity contribution in [3.8, 4) is 0 Å². The number of aromatic nitrogens is 1. The fraction of sp³-hybridized carbons (Fsp3) is 0.385. The molecule has 0 atom stereocenters. The molecule has 1 aliphatic carbocycles. The highest BCUT2D eigenvalue weighted by Crippen LogP contribution is 2.41. The zero-order valence-corrected chi connectivity index (χ0v) is 9.03. The lowest BCUT2D eigenvalue weighted by Gasteiger charge is -2.02. The van der Waals surface area contributed by atoms with Crippen LogP contribution in [0.2, 0.25) is 0 Å². The van der Waals surface area contributed by atoms with Gasteiger partial charge in [-0.1, -0.05) is 6.07 Å². The predicted octanol–water partition coefficient (Wildman–Crippen LogP) is 2.51. The van der Waals surface area contributed by atoms with Crippen molar-refractivity contribution in [2.45, 2.75) is 25.3 Å². The lowest BCUT2D eigenvalue weighted by molar-refractivity contribution is 0.857.